The fourth-order valence-corrected chi connectivity index (χ4v) is 3.42. The molecule has 0 unspecified atom stereocenters. The summed E-state index contributed by atoms with van der Waals surface area (Å²) in [6, 6.07) is 3.27. The van der Waals surface area contributed by atoms with Crippen molar-refractivity contribution in [3.05, 3.63) is 39.8 Å². The van der Waals surface area contributed by atoms with Crippen LogP contribution in [-0.4, -0.2) is 58.4 Å². The number of carbonyl (C=O) groups is 2. The van der Waals surface area contributed by atoms with Gasteiger partial charge in [-0.05, 0) is 58.7 Å². The molecule has 200 valence electrons. The number of nitro groups is 1. The average Bonchev–Trinajstić information content (AvgIpc) is 2.80. The molecule has 14 heteroatoms. The first-order valence-corrected chi connectivity index (χ1v) is 11.6. The summed E-state index contributed by atoms with van der Waals surface area (Å²) in [5.41, 5.74) is -1.88. The van der Waals surface area contributed by atoms with E-state index in [0.29, 0.717) is 26.1 Å². The molecule has 3 rings (SSSR count). The van der Waals surface area contributed by atoms with Crippen LogP contribution in [0.1, 0.15) is 51.0 Å². The summed E-state index contributed by atoms with van der Waals surface area (Å²) in [5.74, 6) is -2.15. The molecule has 2 heterocycles. The molecular formula is C23H29FN6O7. The predicted octanol–water partition coefficient (Wildman–Crippen LogP) is 4.38. The predicted molar refractivity (Wildman–Crippen MR) is 132 cm³/mol. The molecule has 1 aliphatic rings. The van der Waals surface area contributed by atoms with Crippen LogP contribution >= 0.6 is 0 Å². The Bertz CT molecular complexity index is 1170. The van der Waals surface area contributed by atoms with Crippen molar-refractivity contribution in [2.75, 3.05) is 35.8 Å². The number of rotatable bonds is 8. The van der Waals surface area contributed by atoms with Crippen molar-refractivity contribution in [1.29, 1.82) is 0 Å². The maximum Gasteiger partial charge on any atom is 0.412 e. The molecule has 1 fully saturated rings. The quantitative estimate of drug-likeness (QED) is 0.257. The number of aromatic nitrogens is 2. The molecule has 1 aromatic heterocycles. The SMILES string of the molecule is CCOC(=O)c1nc(Nc2cc(F)ccc2NC(=O)OC(C)(C)C)nc(NC2CCOCC2)c1[N+](=O)[O-]. The van der Waals surface area contributed by atoms with Crippen molar-refractivity contribution < 1.29 is 33.1 Å². The van der Waals surface area contributed by atoms with Gasteiger partial charge >= 0.3 is 17.7 Å². The number of ether oxygens (including phenoxy) is 3. The average molecular weight is 521 g/mol. The maximum atomic E-state index is 14.1. The van der Waals surface area contributed by atoms with Crippen LogP contribution in [0.2, 0.25) is 0 Å². The molecule has 2 aromatic rings. The topological polar surface area (TPSA) is 167 Å². The molecule has 1 aliphatic heterocycles. The van der Waals surface area contributed by atoms with Crippen LogP contribution in [0.4, 0.5) is 38.0 Å². The van der Waals surface area contributed by atoms with Crippen molar-refractivity contribution in [1.82, 2.24) is 9.97 Å². The lowest BCUT2D eigenvalue weighted by molar-refractivity contribution is -0.384. The smallest absolute Gasteiger partial charge is 0.412 e. The van der Waals surface area contributed by atoms with Crippen molar-refractivity contribution in [3.8, 4) is 0 Å². The maximum absolute atomic E-state index is 14.1. The molecule has 0 atom stereocenters. The Morgan fingerprint density at radius 3 is 2.54 bits per heavy atom. The second-order valence-electron chi connectivity index (χ2n) is 9.04. The summed E-state index contributed by atoms with van der Waals surface area (Å²) in [5, 5.41) is 20.2. The molecule has 1 saturated heterocycles. The van der Waals surface area contributed by atoms with Crippen molar-refractivity contribution >= 4 is 40.9 Å². The lowest BCUT2D eigenvalue weighted by Crippen LogP contribution is -2.29. The third kappa shape index (κ3) is 7.70. The minimum absolute atomic E-state index is 0.0199. The van der Waals surface area contributed by atoms with E-state index in [1.54, 1.807) is 27.7 Å². The van der Waals surface area contributed by atoms with Gasteiger partial charge in [0.2, 0.25) is 17.5 Å². The molecule has 0 bridgehead atoms. The van der Waals surface area contributed by atoms with E-state index in [2.05, 4.69) is 25.9 Å². The summed E-state index contributed by atoms with van der Waals surface area (Å²) in [6.45, 7) is 7.47. The molecule has 13 nitrogen and oxygen atoms in total. The van der Waals surface area contributed by atoms with Crippen molar-refractivity contribution in [2.24, 2.45) is 0 Å². The largest absolute Gasteiger partial charge is 0.461 e. The first-order valence-electron chi connectivity index (χ1n) is 11.6. The summed E-state index contributed by atoms with van der Waals surface area (Å²) < 4.78 is 29.6. The molecule has 0 radical (unpaired) electrons. The lowest BCUT2D eigenvalue weighted by Gasteiger charge is -2.24. The Labute approximate surface area is 212 Å². The second-order valence-corrected chi connectivity index (χ2v) is 9.04. The van der Waals surface area contributed by atoms with Crippen molar-refractivity contribution in [2.45, 2.75) is 52.2 Å². The fourth-order valence-electron chi connectivity index (χ4n) is 3.42. The van der Waals surface area contributed by atoms with Crippen LogP contribution in [-0.2, 0) is 14.2 Å². The normalized spacial score (nSPS) is 14.0. The van der Waals surface area contributed by atoms with Gasteiger partial charge in [-0.2, -0.15) is 9.97 Å². The summed E-state index contributed by atoms with van der Waals surface area (Å²) in [6.07, 6.45) is 0.333. The van der Waals surface area contributed by atoms with E-state index in [1.165, 1.54) is 6.07 Å². The Morgan fingerprint density at radius 1 is 1.22 bits per heavy atom. The van der Waals surface area contributed by atoms with E-state index in [-0.39, 0.29) is 35.8 Å². The number of hydrogen-bond donors (Lipinski definition) is 3. The molecule has 0 aliphatic carbocycles. The van der Waals surface area contributed by atoms with Crippen LogP contribution in [0.15, 0.2) is 18.2 Å². The Hall–Kier alpha value is -4.07. The third-order valence-corrected chi connectivity index (χ3v) is 4.96. The van der Waals surface area contributed by atoms with E-state index in [1.807, 2.05) is 0 Å². The fraction of sp³-hybridized carbons (Fsp3) is 0.478. The number of nitrogens with zero attached hydrogens (tertiary/aromatic N) is 3. The zero-order valence-corrected chi connectivity index (χ0v) is 20.9. The monoisotopic (exact) mass is 520 g/mol. The summed E-state index contributed by atoms with van der Waals surface area (Å²) >= 11 is 0. The van der Waals surface area contributed by atoms with E-state index < -0.39 is 39.8 Å². The minimum Gasteiger partial charge on any atom is -0.461 e. The molecule has 3 N–H and O–H groups in total. The Balaban J connectivity index is 2.03. The zero-order chi connectivity index (χ0) is 27.2. The van der Waals surface area contributed by atoms with E-state index >= 15 is 0 Å². The third-order valence-electron chi connectivity index (χ3n) is 4.96. The molecule has 37 heavy (non-hydrogen) atoms. The lowest BCUT2D eigenvalue weighted by atomic mass is 10.1. The number of esters is 1. The number of anilines is 4. The minimum atomic E-state index is -1.03. The second kappa shape index (κ2) is 11.8. The standard InChI is InChI=1S/C23H29FN6O7/c1-5-36-20(31)17-18(30(33)34)19(25-14-8-10-35-11-9-14)29-21(28-17)26-16-12-13(24)6-7-15(16)27-22(32)37-23(2,3)4/h6-7,12,14H,5,8-11H2,1-4H3,(H,27,32)(H2,25,26,28,29). The van der Waals surface area contributed by atoms with Crippen LogP contribution < -0.4 is 16.0 Å². The number of benzene rings is 1. The van der Waals surface area contributed by atoms with Gasteiger partial charge in [0.1, 0.15) is 11.4 Å². The summed E-state index contributed by atoms with van der Waals surface area (Å²) in [4.78, 5) is 44.2. The number of halogens is 1. The van der Waals surface area contributed by atoms with Crippen LogP contribution in [0.3, 0.4) is 0 Å². The molecule has 0 spiro atoms. The van der Waals surface area contributed by atoms with Gasteiger partial charge in [0, 0.05) is 19.3 Å². The molecule has 0 saturated carbocycles. The first-order chi connectivity index (χ1) is 17.5. The van der Waals surface area contributed by atoms with Gasteiger partial charge in [0.05, 0.1) is 22.9 Å². The van der Waals surface area contributed by atoms with Gasteiger partial charge < -0.3 is 24.8 Å². The number of nitrogens with one attached hydrogen (secondary N) is 3. The Kier molecular flexibility index (Phi) is 8.76. The molecule has 1 amide bonds. The molecule has 1 aromatic carbocycles. The van der Waals surface area contributed by atoms with Crippen LogP contribution in [0.25, 0.3) is 0 Å². The van der Waals surface area contributed by atoms with Crippen molar-refractivity contribution in [3.63, 3.8) is 0 Å². The van der Waals surface area contributed by atoms with E-state index in [9.17, 15) is 24.1 Å². The van der Waals surface area contributed by atoms with E-state index in [0.717, 1.165) is 12.1 Å². The van der Waals surface area contributed by atoms with E-state index in [4.69, 9.17) is 14.2 Å². The van der Waals surface area contributed by atoms with Gasteiger partial charge in [-0.3, -0.25) is 15.4 Å². The highest BCUT2D eigenvalue weighted by molar-refractivity contribution is 5.95. The van der Waals surface area contributed by atoms with Gasteiger partial charge in [-0.25, -0.2) is 14.0 Å². The Morgan fingerprint density at radius 2 is 1.92 bits per heavy atom. The van der Waals surface area contributed by atoms with Gasteiger partial charge in [-0.1, -0.05) is 0 Å². The number of hydrogen-bond acceptors (Lipinski definition) is 11. The zero-order valence-electron chi connectivity index (χ0n) is 20.9. The van der Waals surface area contributed by atoms with Gasteiger partial charge in [0.15, 0.2) is 0 Å². The first kappa shape index (κ1) is 27.5. The number of carbonyl (C=O) groups excluding carboxylic acids is 2. The van der Waals surface area contributed by atoms with Gasteiger partial charge in [-0.15, -0.1) is 0 Å². The summed E-state index contributed by atoms with van der Waals surface area (Å²) in [7, 11) is 0. The molecular weight excluding hydrogens is 491 g/mol. The van der Waals surface area contributed by atoms with Crippen LogP contribution in [0, 0.1) is 15.9 Å². The van der Waals surface area contributed by atoms with Crippen LogP contribution in [0.5, 0.6) is 0 Å². The highest BCUT2D eigenvalue weighted by Gasteiger charge is 2.32. The highest BCUT2D eigenvalue weighted by atomic mass is 19.1. The number of amides is 1. The highest BCUT2D eigenvalue weighted by Crippen LogP contribution is 2.32. The van der Waals surface area contributed by atoms with Gasteiger partial charge in [0.25, 0.3) is 0 Å².